The molecule has 1 aromatic rings. The molecule has 5 heteroatoms. The van der Waals surface area contributed by atoms with Gasteiger partial charge in [-0.3, -0.25) is 4.79 Å². The number of ether oxygens (including phenoxy) is 3. The molecule has 1 atom stereocenters. The predicted octanol–water partition coefficient (Wildman–Crippen LogP) is 3.20. The molecular formula is C20H29NO4. The average Bonchev–Trinajstić information content (AvgIpc) is 2.73. The Hall–Kier alpha value is -1.75. The number of rotatable bonds is 3. The van der Waals surface area contributed by atoms with Crippen LogP contribution in [-0.2, 0) is 14.9 Å². The van der Waals surface area contributed by atoms with Crippen molar-refractivity contribution in [2.45, 2.75) is 70.6 Å². The molecule has 1 N–H and O–H groups in total. The number of hydrogen-bond acceptors (Lipinski definition) is 4. The lowest BCUT2D eigenvalue weighted by molar-refractivity contribution is -0.128. The van der Waals surface area contributed by atoms with Gasteiger partial charge in [-0.05, 0) is 65.7 Å². The minimum atomic E-state index is -0.682. The molecular weight excluding hydrogens is 318 g/mol. The van der Waals surface area contributed by atoms with Crippen LogP contribution in [0.1, 0.15) is 53.5 Å². The first-order valence-corrected chi connectivity index (χ1v) is 8.93. The molecule has 1 amide bonds. The molecule has 3 rings (SSSR count). The van der Waals surface area contributed by atoms with E-state index in [2.05, 4.69) is 19.2 Å². The van der Waals surface area contributed by atoms with Crippen molar-refractivity contribution in [1.82, 2.24) is 5.32 Å². The largest absolute Gasteiger partial charge is 0.486 e. The van der Waals surface area contributed by atoms with E-state index in [-0.39, 0.29) is 23.2 Å². The summed E-state index contributed by atoms with van der Waals surface area (Å²) in [6.07, 6.45) is 0.795. The maximum absolute atomic E-state index is 13.0. The topological polar surface area (TPSA) is 56.8 Å². The molecule has 0 spiro atoms. The highest BCUT2D eigenvalue weighted by atomic mass is 16.6. The fourth-order valence-electron chi connectivity index (χ4n) is 3.69. The zero-order valence-corrected chi connectivity index (χ0v) is 16.1. The number of hydrogen-bond donors (Lipinski definition) is 1. The Kier molecular flexibility index (Phi) is 4.26. The second-order valence-electron chi connectivity index (χ2n) is 8.68. The summed E-state index contributed by atoms with van der Waals surface area (Å²) in [5, 5.41) is 3.21. The van der Waals surface area contributed by atoms with Crippen LogP contribution in [-0.4, -0.2) is 36.4 Å². The van der Waals surface area contributed by atoms with Gasteiger partial charge in [0.05, 0.1) is 22.7 Å². The average molecular weight is 347 g/mol. The quantitative estimate of drug-likeness (QED) is 0.912. The van der Waals surface area contributed by atoms with Crippen LogP contribution in [0.4, 0.5) is 0 Å². The van der Waals surface area contributed by atoms with Crippen molar-refractivity contribution in [2.75, 3.05) is 13.2 Å². The maximum atomic E-state index is 13.0. The van der Waals surface area contributed by atoms with E-state index in [9.17, 15) is 4.79 Å². The Bertz CT molecular complexity index is 678. The van der Waals surface area contributed by atoms with E-state index in [1.165, 1.54) is 0 Å². The minimum Gasteiger partial charge on any atom is -0.486 e. The first-order chi connectivity index (χ1) is 11.5. The number of carbonyl (C=O) groups is 1. The molecule has 1 aromatic carbocycles. The van der Waals surface area contributed by atoms with Crippen molar-refractivity contribution < 1.29 is 19.0 Å². The first-order valence-electron chi connectivity index (χ1n) is 8.93. The Morgan fingerprint density at radius 1 is 1.12 bits per heavy atom. The van der Waals surface area contributed by atoms with E-state index in [4.69, 9.17) is 14.2 Å². The SMILES string of the molecule is CC1(C)CC(NC(=O)C(C)(C)c2ccc3c(c2)OCCO3)C(C)(C)O1. The first kappa shape index (κ1) is 18.1. The lowest BCUT2D eigenvalue weighted by atomic mass is 9.82. The lowest BCUT2D eigenvalue weighted by Crippen LogP contribution is -2.51. The van der Waals surface area contributed by atoms with Crippen molar-refractivity contribution in [1.29, 1.82) is 0 Å². The van der Waals surface area contributed by atoms with E-state index in [0.717, 1.165) is 17.7 Å². The van der Waals surface area contributed by atoms with Crippen LogP contribution < -0.4 is 14.8 Å². The number of nitrogens with one attached hydrogen (secondary N) is 1. The molecule has 0 radical (unpaired) electrons. The van der Waals surface area contributed by atoms with Gasteiger partial charge in [-0.25, -0.2) is 0 Å². The smallest absolute Gasteiger partial charge is 0.230 e. The maximum Gasteiger partial charge on any atom is 0.230 e. The summed E-state index contributed by atoms with van der Waals surface area (Å²) in [5.41, 5.74) is -0.395. The Labute approximate surface area is 150 Å². The number of carbonyl (C=O) groups excluding carboxylic acids is 1. The van der Waals surface area contributed by atoms with Crippen LogP contribution in [0.5, 0.6) is 11.5 Å². The number of amides is 1. The van der Waals surface area contributed by atoms with Gasteiger partial charge >= 0.3 is 0 Å². The summed E-state index contributed by atoms with van der Waals surface area (Å²) in [6.45, 7) is 13.1. The van der Waals surface area contributed by atoms with Crippen LogP contribution in [0.3, 0.4) is 0 Å². The van der Waals surface area contributed by atoms with Crippen LogP contribution >= 0.6 is 0 Å². The molecule has 25 heavy (non-hydrogen) atoms. The Morgan fingerprint density at radius 2 is 1.76 bits per heavy atom. The van der Waals surface area contributed by atoms with Gasteiger partial charge in [0.15, 0.2) is 11.5 Å². The minimum absolute atomic E-state index is 0.0106. The van der Waals surface area contributed by atoms with Crippen molar-refractivity contribution >= 4 is 5.91 Å². The molecule has 2 aliphatic heterocycles. The third-order valence-corrected chi connectivity index (χ3v) is 5.21. The van der Waals surface area contributed by atoms with Gasteiger partial charge in [-0.2, -0.15) is 0 Å². The molecule has 0 bridgehead atoms. The molecule has 138 valence electrons. The van der Waals surface area contributed by atoms with Gasteiger partial charge in [-0.15, -0.1) is 0 Å². The van der Waals surface area contributed by atoms with Crippen LogP contribution in [0.2, 0.25) is 0 Å². The van der Waals surface area contributed by atoms with Crippen molar-refractivity contribution in [3.63, 3.8) is 0 Å². The van der Waals surface area contributed by atoms with Gasteiger partial charge in [0, 0.05) is 0 Å². The standard InChI is InChI=1S/C20H29NO4/c1-18(2)12-16(20(5,6)25-18)21-17(22)19(3,4)13-7-8-14-15(11-13)24-10-9-23-14/h7-8,11,16H,9-10,12H2,1-6H3,(H,21,22). The molecule has 5 nitrogen and oxygen atoms in total. The lowest BCUT2D eigenvalue weighted by Gasteiger charge is -2.32. The third-order valence-electron chi connectivity index (χ3n) is 5.21. The molecule has 1 unspecified atom stereocenters. The van der Waals surface area contributed by atoms with E-state index in [0.29, 0.717) is 19.0 Å². The predicted molar refractivity (Wildman–Crippen MR) is 96.2 cm³/mol. The molecule has 2 heterocycles. The molecule has 2 aliphatic rings. The zero-order valence-electron chi connectivity index (χ0n) is 16.1. The second kappa shape index (κ2) is 5.90. The van der Waals surface area contributed by atoms with Gasteiger partial charge in [0.25, 0.3) is 0 Å². The molecule has 0 aromatic heterocycles. The van der Waals surface area contributed by atoms with E-state index in [1.807, 2.05) is 45.9 Å². The van der Waals surface area contributed by atoms with Crippen LogP contribution in [0.25, 0.3) is 0 Å². The molecule has 1 saturated heterocycles. The van der Waals surface area contributed by atoms with Gasteiger partial charge in [0.1, 0.15) is 13.2 Å². The van der Waals surface area contributed by atoms with Crippen LogP contribution in [0, 0.1) is 0 Å². The summed E-state index contributed by atoms with van der Waals surface area (Å²) in [4.78, 5) is 13.0. The normalized spacial score (nSPS) is 24.0. The highest BCUT2D eigenvalue weighted by Crippen LogP contribution is 2.39. The summed E-state index contributed by atoms with van der Waals surface area (Å²) in [6, 6.07) is 5.71. The molecule has 0 aliphatic carbocycles. The zero-order chi connectivity index (χ0) is 18.5. The Morgan fingerprint density at radius 3 is 2.36 bits per heavy atom. The van der Waals surface area contributed by atoms with E-state index in [1.54, 1.807) is 0 Å². The summed E-state index contributed by atoms with van der Waals surface area (Å²) in [5.74, 6) is 1.43. The summed E-state index contributed by atoms with van der Waals surface area (Å²) >= 11 is 0. The summed E-state index contributed by atoms with van der Waals surface area (Å²) < 4.78 is 17.3. The molecule has 1 fully saturated rings. The van der Waals surface area contributed by atoms with Gasteiger partial charge in [-0.1, -0.05) is 6.07 Å². The third kappa shape index (κ3) is 3.47. The van der Waals surface area contributed by atoms with Gasteiger partial charge < -0.3 is 19.5 Å². The highest BCUT2D eigenvalue weighted by Gasteiger charge is 2.47. The second-order valence-corrected chi connectivity index (χ2v) is 8.68. The van der Waals surface area contributed by atoms with E-state index < -0.39 is 5.41 Å². The summed E-state index contributed by atoms with van der Waals surface area (Å²) in [7, 11) is 0. The fourth-order valence-corrected chi connectivity index (χ4v) is 3.69. The number of benzene rings is 1. The molecule has 0 saturated carbocycles. The number of fused-ring (bicyclic) bond motifs is 1. The van der Waals surface area contributed by atoms with E-state index >= 15 is 0 Å². The van der Waals surface area contributed by atoms with Gasteiger partial charge in [0.2, 0.25) is 5.91 Å². The van der Waals surface area contributed by atoms with Crippen molar-refractivity contribution in [2.24, 2.45) is 0 Å². The van der Waals surface area contributed by atoms with Crippen LogP contribution in [0.15, 0.2) is 18.2 Å². The fraction of sp³-hybridized carbons (Fsp3) is 0.650. The monoisotopic (exact) mass is 347 g/mol. The Balaban J connectivity index is 1.79. The van der Waals surface area contributed by atoms with Crippen molar-refractivity contribution in [3.05, 3.63) is 23.8 Å². The highest BCUT2D eigenvalue weighted by molar-refractivity contribution is 5.88. The van der Waals surface area contributed by atoms with Crippen molar-refractivity contribution in [3.8, 4) is 11.5 Å².